The lowest BCUT2D eigenvalue weighted by Crippen LogP contribution is -2.27. The summed E-state index contributed by atoms with van der Waals surface area (Å²) in [7, 11) is 4.60. The van der Waals surface area contributed by atoms with Crippen molar-refractivity contribution in [2.45, 2.75) is 19.5 Å². The van der Waals surface area contributed by atoms with Crippen LogP contribution in [-0.2, 0) is 17.9 Å². The Labute approximate surface area is 181 Å². The number of hydrogen-bond donors (Lipinski definition) is 1. The molecule has 0 saturated carbocycles. The van der Waals surface area contributed by atoms with Gasteiger partial charge >= 0.3 is 0 Å². The quantitative estimate of drug-likeness (QED) is 0.538. The molecule has 158 valence electrons. The zero-order valence-electron chi connectivity index (χ0n) is 16.9. The number of carbonyl (C=O) groups excluding carboxylic acids is 1. The number of ether oxygens (including phenoxy) is 3. The molecular formula is C21H22BrN3O5. The van der Waals surface area contributed by atoms with Crippen LogP contribution in [0.4, 0.5) is 0 Å². The first-order chi connectivity index (χ1) is 14.5. The maximum absolute atomic E-state index is 12.6. The molecule has 0 bridgehead atoms. The lowest BCUT2D eigenvalue weighted by molar-refractivity contribution is -0.121. The molecule has 1 aromatic heterocycles. The summed E-state index contributed by atoms with van der Waals surface area (Å²) in [5.41, 5.74) is 1.23. The normalized spacial score (nSPS) is 10.7. The Bertz CT molecular complexity index is 1100. The van der Waals surface area contributed by atoms with Crippen LogP contribution < -0.4 is 25.1 Å². The van der Waals surface area contributed by atoms with Crippen LogP contribution in [0.1, 0.15) is 12.0 Å². The largest absolute Gasteiger partial charge is 0.493 e. The van der Waals surface area contributed by atoms with Gasteiger partial charge in [-0.2, -0.15) is 0 Å². The Hall–Kier alpha value is -3.07. The van der Waals surface area contributed by atoms with Gasteiger partial charge < -0.3 is 19.5 Å². The first kappa shape index (κ1) is 21.6. The number of rotatable bonds is 8. The van der Waals surface area contributed by atoms with E-state index in [-0.39, 0.29) is 31.0 Å². The van der Waals surface area contributed by atoms with Gasteiger partial charge in [0.25, 0.3) is 5.56 Å². The van der Waals surface area contributed by atoms with Crippen molar-refractivity contribution in [1.29, 1.82) is 0 Å². The molecule has 0 fully saturated rings. The predicted molar refractivity (Wildman–Crippen MR) is 116 cm³/mol. The predicted octanol–water partition coefficient (Wildman–Crippen LogP) is 2.89. The minimum Gasteiger partial charge on any atom is -0.493 e. The van der Waals surface area contributed by atoms with Gasteiger partial charge in [-0.1, -0.05) is 15.9 Å². The number of aryl methyl sites for hydroxylation is 1. The number of nitrogens with zero attached hydrogens (tertiary/aromatic N) is 2. The summed E-state index contributed by atoms with van der Waals surface area (Å²) in [6.45, 7) is 0.517. The van der Waals surface area contributed by atoms with E-state index < -0.39 is 0 Å². The van der Waals surface area contributed by atoms with Gasteiger partial charge in [0.15, 0.2) is 11.5 Å². The van der Waals surface area contributed by atoms with Crippen LogP contribution in [-0.4, -0.2) is 36.8 Å². The topological polar surface area (TPSA) is 91.7 Å². The number of fused-ring (bicyclic) bond motifs is 1. The SMILES string of the molecule is COc1cc(CNC(=O)CCn2cnc3ccc(Br)cc3c2=O)cc(OC)c1OC. The molecule has 0 saturated heterocycles. The number of amides is 1. The fraction of sp³-hybridized carbons (Fsp3) is 0.286. The number of benzene rings is 2. The number of methoxy groups -OCH3 is 3. The second-order valence-corrected chi connectivity index (χ2v) is 7.38. The first-order valence-electron chi connectivity index (χ1n) is 9.17. The molecule has 2 aromatic carbocycles. The Morgan fingerprint density at radius 1 is 1.10 bits per heavy atom. The van der Waals surface area contributed by atoms with Gasteiger partial charge in [0, 0.05) is 24.0 Å². The Balaban J connectivity index is 1.65. The Kier molecular flexibility index (Phi) is 6.94. The first-order valence-corrected chi connectivity index (χ1v) is 9.96. The monoisotopic (exact) mass is 475 g/mol. The van der Waals surface area contributed by atoms with Crippen molar-refractivity contribution >= 4 is 32.7 Å². The Morgan fingerprint density at radius 2 is 1.80 bits per heavy atom. The summed E-state index contributed by atoms with van der Waals surface area (Å²) in [6, 6.07) is 8.88. The van der Waals surface area contributed by atoms with Crippen LogP contribution in [0, 0.1) is 0 Å². The maximum atomic E-state index is 12.6. The van der Waals surface area contributed by atoms with E-state index in [1.54, 1.807) is 24.3 Å². The second kappa shape index (κ2) is 9.62. The second-order valence-electron chi connectivity index (χ2n) is 6.46. The summed E-state index contributed by atoms with van der Waals surface area (Å²) in [5.74, 6) is 1.33. The van der Waals surface area contributed by atoms with Gasteiger partial charge in [-0.25, -0.2) is 4.98 Å². The highest BCUT2D eigenvalue weighted by Gasteiger charge is 2.14. The van der Waals surface area contributed by atoms with Crippen molar-refractivity contribution < 1.29 is 19.0 Å². The zero-order valence-corrected chi connectivity index (χ0v) is 18.5. The van der Waals surface area contributed by atoms with E-state index in [4.69, 9.17) is 14.2 Å². The summed E-state index contributed by atoms with van der Waals surface area (Å²) in [4.78, 5) is 29.2. The standard InChI is InChI=1S/C21H22BrN3O5/c1-28-17-8-13(9-18(29-2)20(17)30-3)11-23-19(26)6-7-25-12-24-16-5-4-14(22)10-15(16)21(25)27/h4-5,8-10,12H,6-7,11H2,1-3H3,(H,23,26). The molecule has 1 N–H and O–H groups in total. The molecule has 1 heterocycles. The van der Waals surface area contributed by atoms with E-state index in [0.717, 1.165) is 10.0 Å². The van der Waals surface area contributed by atoms with Gasteiger partial charge in [0.05, 0.1) is 38.6 Å². The van der Waals surface area contributed by atoms with Gasteiger partial charge in [-0.3, -0.25) is 14.2 Å². The van der Waals surface area contributed by atoms with Gasteiger partial charge in [0.2, 0.25) is 11.7 Å². The average Bonchev–Trinajstić information content (AvgIpc) is 2.76. The number of halogens is 1. The third-order valence-corrected chi connectivity index (χ3v) is 5.07. The average molecular weight is 476 g/mol. The Morgan fingerprint density at radius 3 is 2.43 bits per heavy atom. The van der Waals surface area contributed by atoms with Crippen molar-refractivity contribution in [1.82, 2.24) is 14.9 Å². The molecule has 3 rings (SSSR count). The molecule has 0 aliphatic carbocycles. The minimum atomic E-state index is -0.190. The molecule has 0 aliphatic heterocycles. The molecule has 0 radical (unpaired) electrons. The van der Waals surface area contributed by atoms with Crippen LogP contribution in [0.2, 0.25) is 0 Å². The van der Waals surface area contributed by atoms with Crippen LogP contribution in [0.5, 0.6) is 17.2 Å². The minimum absolute atomic E-state index is 0.144. The van der Waals surface area contributed by atoms with E-state index in [1.165, 1.54) is 32.2 Å². The lowest BCUT2D eigenvalue weighted by Gasteiger charge is -2.14. The van der Waals surface area contributed by atoms with Crippen molar-refractivity contribution in [3.63, 3.8) is 0 Å². The highest BCUT2D eigenvalue weighted by Crippen LogP contribution is 2.38. The van der Waals surface area contributed by atoms with Crippen molar-refractivity contribution in [3.05, 3.63) is 57.0 Å². The molecule has 0 atom stereocenters. The van der Waals surface area contributed by atoms with Crippen molar-refractivity contribution in [2.24, 2.45) is 0 Å². The molecule has 9 heteroatoms. The third kappa shape index (κ3) is 4.73. The van der Waals surface area contributed by atoms with E-state index in [9.17, 15) is 9.59 Å². The highest BCUT2D eigenvalue weighted by molar-refractivity contribution is 9.10. The highest BCUT2D eigenvalue weighted by atomic mass is 79.9. The van der Waals surface area contributed by atoms with Gasteiger partial charge in [0.1, 0.15) is 0 Å². The van der Waals surface area contributed by atoms with E-state index in [1.807, 2.05) is 6.07 Å². The van der Waals surface area contributed by atoms with E-state index >= 15 is 0 Å². The van der Waals surface area contributed by atoms with Crippen LogP contribution >= 0.6 is 15.9 Å². The fourth-order valence-corrected chi connectivity index (χ4v) is 3.40. The van der Waals surface area contributed by atoms with Crippen LogP contribution in [0.15, 0.2) is 45.9 Å². The molecule has 0 aliphatic rings. The molecule has 0 spiro atoms. The third-order valence-electron chi connectivity index (χ3n) is 4.58. The molecule has 8 nitrogen and oxygen atoms in total. The zero-order chi connectivity index (χ0) is 21.7. The number of aromatic nitrogens is 2. The summed E-state index contributed by atoms with van der Waals surface area (Å²) in [6.07, 6.45) is 1.61. The molecule has 1 amide bonds. The number of nitrogens with one attached hydrogen (secondary N) is 1. The van der Waals surface area contributed by atoms with E-state index in [2.05, 4.69) is 26.2 Å². The van der Waals surface area contributed by atoms with Crippen LogP contribution in [0.25, 0.3) is 10.9 Å². The van der Waals surface area contributed by atoms with Crippen molar-refractivity contribution in [2.75, 3.05) is 21.3 Å². The maximum Gasteiger partial charge on any atom is 0.261 e. The van der Waals surface area contributed by atoms with Crippen LogP contribution in [0.3, 0.4) is 0 Å². The van der Waals surface area contributed by atoms with Gasteiger partial charge in [-0.05, 0) is 35.9 Å². The lowest BCUT2D eigenvalue weighted by atomic mass is 10.1. The summed E-state index contributed by atoms with van der Waals surface area (Å²) < 4.78 is 18.2. The number of carbonyl (C=O) groups is 1. The van der Waals surface area contributed by atoms with Gasteiger partial charge in [-0.15, -0.1) is 0 Å². The summed E-state index contributed by atoms with van der Waals surface area (Å²) >= 11 is 3.36. The molecule has 0 unspecified atom stereocenters. The summed E-state index contributed by atoms with van der Waals surface area (Å²) in [5, 5.41) is 3.35. The molecular weight excluding hydrogens is 454 g/mol. The molecule has 30 heavy (non-hydrogen) atoms. The van der Waals surface area contributed by atoms with E-state index in [0.29, 0.717) is 28.2 Å². The smallest absolute Gasteiger partial charge is 0.261 e. The number of hydrogen-bond acceptors (Lipinski definition) is 6. The molecule has 3 aromatic rings. The fourth-order valence-electron chi connectivity index (χ4n) is 3.04. The van der Waals surface area contributed by atoms with Crippen molar-refractivity contribution in [3.8, 4) is 17.2 Å².